The maximum absolute atomic E-state index is 12.6. The van der Waals surface area contributed by atoms with Crippen LogP contribution in [0.1, 0.15) is 50.5 Å². The third-order valence-electron chi connectivity index (χ3n) is 5.40. The summed E-state index contributed by atoms with van der Waals surface area (Å²) in [5.74, 6) is 0.386. The van der Waals surface area contributed by atoms with Gasteiger partial charge in [-0.2, -0.15) is 5.26 Å². The average molecular weight is 339 g/mol. The predicted octanol–water partition coefficient (Wildman–Crippen LogP) is 3.32. The Balaban J connectivity index is 1.48. The molecule has 3 rings (SSSR count). The zero-order valence-electron chi connectivity index (χ0n) is 14.5. The molecule has 2 fully saturated rings. The van der Waals surface area contributed by atoms with Crippen LogP contribution in [0.3, 0.4) is 0 Å². The van der Waals surface area contributed by atoms with Crippen LogP contribution in [0.4, 0.5) is 5.69 Å². The molecule has 0 radical (unpaired) electrons. The van der Waals surface area contributed by atoms with Crippen LogP contribution in [-0.2, 0) is 9.59 Å². The Morgan fingerprint density at radius 3 is 2.16 bits per heavy atom. The maximum Gasteiger partial charge on any atom is 0.227 e. The second kappa shape index (κ2) is 8.15. The lowest BCUT2D eigenvalue weighted by Gasteiger charge is -2.33. The van der Waals surface area contributed by atoms with E-state index < -0.39 is 0 Å². The lowest BCUT2D eigenvalue weighted by atomic mass is 9.80. The fourth-order valence-corrected chi connectivity index (χ4v) is 3.85. The van der Waals surface area contributed by atoms with Crippen molar-refractivity contribution in [1.29, 1.82) is 5.26 Å². The number of rotatable bonds is 3. The molecule has 132 valence electrons. The van der Waals surface area contributed by atoms with Crippen molar-refractivity contribution in [3.63, 3.8) is 0 Å². The van der Waals surface area contributed by atoms with Crippen molar-refractivity contribution in [2.75, 3.05) is 18.4 Å². The Hall–Kier alpha value is -2.35. The van der Waals surface area contributed by atoms with Gasteiger partial charge in [0.2, 0.25) is 11.8 Å². The molecule has 1 aromatic rings. The van der Waals surface area contributed by atoms with Gasteiger partial charge in [0.05, 0.1) is 11.6 Å². The molecular weight excluding hydrogens is 314 g/mol. The molecule has 0 bridgehead atoms. The number of hydrogen-bond acceptors (Lipinski definition) is 3. The lowest BCUT2D eigenvalue weighted by molar-refractivity contribution is -0.138. The average Bonchev–Trinajstić information content (AvgIpc) is 2.69. The van der Waals surface area contributed by atoms with E-state index in [2.05, 4.69) is 11.4 Å². The van der Waals surface area contributed by atoms with Crippen LogP contribution in [0.5, 0.6) is 0 Å². The van der Waals surface area contributed by atoms with Crippen LogP contribution in [0, 0.1) is 23.2 Å². The van der Waals surface area contributed by atoms with E-state index in [4.69, 9.17) is 5.26 Å². The number of likely N-dealkylation sites (tertiary alicyclic amines) is 1. The van der Waals surface area contributed by atoms with Gasteiger partial charge in [0, 0.05) is 30.6 Å². The highest BCUT2D eigenvalue weighted by atomic mass is 16.2. The van der Waals surface area contributed by atoms with Crippen LogP contribution in [0.25, 0.3) is 0 Å². The number of nitrogens with zero attached hydrogens (tertiary/aromatic N) is 2. The van der Waals surface area contributed by atoms with E-state index in [1.807, 2.05) is 4.90 Å². The van der Waals surface area contributed by atoms with Gasteiger partial charge >= 0.3 is 0 Å². The van der Waals surface area contributed by atoms with E-state index >= 15 is 0 Å². The molecule has 1 saturated carbocycles. The fourth-order valence-electron chi connectivity index (χ4n) is 3.85. The van der Waals surface area contributed by atoms with Gasteiger partial charge in [0.25, 0.3) is 0 Å². The second-order valence-electron chi connectivity index (χ2n) is 7.11. The monoisotopic (exact) mass is 339 g/mol. The molecule has 0 spiro atoms. The number of amides is 2. The Labute approximate surface area is 149 Å². The van der Waals surface area contributed by atoms with Crippen LogP contribution >= 0.6 is 0 Å². The lowest BCUT2D eigenvalue weighted by Crippen LogP contribution is -2.41. The van der Waals surface area contributed by atoms with Gasteiger partial charge in [-0.05, 0) is 69.2 Å². The standard InChI is InChI=1S/C20H25N3O2/c21-14-15-4-10-18(11-5-15)22-19(24)16-6-8-17(9-7-16)20(25)23-12-2-1-3-13-23/h4-5,10-11,16-17H,1-3,6-9,12-13H2,(H,22,24). The van der Waals surface area contributed by atoms with Gasteiger partial charge in [0.1, 0.15) is 0 Å². The van der Waals surface area contributed by atoms with Crippen LogP contribution < -0.4 is 5.32 Å². The molecule has 2 amide bonds. The number of benzene rings is 1. The van der Waals surface area contributed by atoms with Crippen molar-refractivity contribution in [3.05, 3.63) is 29.8 Å². The summed E-state index contributed by atoms with van der Waals surface area (Å²) >= 11 is 0. The third-order valence-corrected chi connectivity index (χ3v) is 5.40. The molecule has 1 saturated heterocycles. The van der Waals surface area contributed by atoms with Crippen LogP contribution in [0.15, 0.2) is 24.3 Å². The molecule has 1 aromatic carbocycles. The maximum atomic E-state index is 12.6. The number of nitriles is 1. The zero-order chi connectivity index (χ0) is 17.6. The summed E-state index contributed by atoms with van der Waals surface area (Å²) in [6.07, 6.45) is 6.62. The van der Waals surface area contributed by atoms with E-state index in [9.17, 15) is 9.59 Å². The Kier molecular flexibility index (Phi) is 5.70. The van der Waals surface area contributed by atoms with Gasteiger partial charge in [-0.25, -0.2) is 0 Å². The molecule has 25 heavy (non-hydrogen) atoms. The topological polar surface area (TPSA) is 73.2 Å². The quantitative estimate of drug-likeness (QED) is 0.918. The first-order valence-corrected chi connectivity index (χ1v) is 9.27. The molecule has 1 aliphatic heterocycles. The predicted molar refractivity (Wildman–Crippen MR) is 95.7 cm³/mol. The smallest absolute Gasteiger partial charge is 0.227 e. The van der Waals surface area contributed by atoms with Crippen molar-refractivity contribution in [2.45, 2.75) is 44.9 Å². The molecule has 1 heterocycles. The summed E-state index contributed by atoms with van der Waals surface area (Å²) in [6.45, 7) is 1.80. The number of piperidine rings is 1. The number of nitrogens with one attached hydrogen (secondary N) is 1. The summed E-state index contributed by atoms with van der Waals surface area (Å²) < 4.78 is 0. The molecule has 1 N–H and O–H groups in total. The molecule has 0 unspecified atom stereocenters. The first kappa shape index (κ1) is 17.5. The SMILES string of the molecule is N#Cc1ccc(NC(=O)C2CCC(C(=O)N3CCCCC3)CC2)cc1. The van der Waals surface area contributed by atoms with Gasteiger partial charge in [0.15, 0.2) is 0 Å². The van der Waals surface area contributed by atoms with Gasteiger partial charge in [-0.15, -0.1) is 0 Å². The van der Waals surface area contributed by atoms with E-state index in [0.29, 0.717) is 11.5 Å². The Bertz CT molecular complexity index is 649. The van der Waals surface area contributed by atoms with Crippen LogP contribution in [-0.4, -0.2) is 29.8 Å². The highest BCUT2D eigenvalue weighted by molar-refractivity contribution is 5.92. The normalized spacial score (nSPS) is 23.6. The Morgan fingerprint density at radius 1 is 0.960 bits per heavy atom. The summed E-state index contributed by atoms with van der Waals surface area (Å²) in [7, 11) is 0. The first-order chi connectivity index (χ1) is 12.2. The molecule has 0 atom stereocenters. The van der Waals surface area contributed by atoms with Crippen molar-refractivity contribution in [3.8, 4) is 6.07 Å². The van der Waals surface area contributed by atoms with Crippen molar-refractivity contribution >= 4 is 17.5 Å². The summed E-state index contributed by atoms with van der Waals surface area (Å²) in [4.78, 5) is 27.0. The highest BCUT2D eigenvalue weighted by Gasteiger charge is 2.32. The van der Waals surface area contributed by atoms with E-state index in [0.717, 1.165) is 57.3 Å². The molecule has 2 aliphatic rings. The third kappa shape index (κ3) is 4.39. The molecule has 1 aliphatic carbocycles. The molecular formula is C20H25N3O2. The fraction of sp³-hybridized carbons (Fsp3) is 0.550. The summed E-state index contributed by atoms with van der Waals surface area (Å²) in [5.41, 5.74) is 1.30. The number of anilines is 1. The number of carbonyl (C=O) groups excluding carboxylic acids is 2. The molecule has 0 aromatic heterocycles. The van der Waals surface area contributed by atoms with Crippen LogP contribution in [0.2, 0.25) is 0 Å². The highest BCUT2D eigenvalue weighted by Crippen LogP contribution is 2.31. The summed E-state index contributed by atoms with van der Waals surface area (Å²) in [5, 5.41) is 11.7. The van der Waals surface area contributed by atoms with E-state index in [-0.39, 0.29) is 17.7 Å². The minimum atomic E-state index is -0.0268. The Morgan fingerprint density at radius 2 is 1.56 bits per heavy atom. The largest absolute Gasteiger partial charge is 0.342 e. The van der Waals surface area contributed by atoms with Gasteiger partial charge < -0.3 is 10.2 Å². The van der Waals surface area contributed by atoms with E-state index in [1.165, 1.54) is 6.42 Å². The second-order valence-corrected chi connectivity index (χ2v) is 7.11. The van der Waals surface area contributed by atoms with Crippen molar-refractivity contribution < 1.29 is 9.59 Å². The van der Waals surface area contributed by atoms with Gasteiger partial charge in [-0.3, -0.25) is 9.59 Å². The van der Waals surface area contributed by atoms with Gasteiger partial charge in [-0.1, -0.05) is 0 Å². The van der Waals surface area contributed by atoms with E-state index in [1.54, 1.807) is 24.3 Å². The molecule has 5 nitrogen and oxygen atoms in total. The number of hydrogen-bond donors (Lipinski definition) is 1. The number of carbonyl (C=O) groups is 2. The molecule has 5 heteroatoms. The van der Waals surface area contributed by atoms with Crippen molar-refractivity contribution in [2.24, 2.45) is 11.8 Å². The summed E-state index contributed by atoms with van der Waals surface area (Å²) in [6, 6.07) is 8.96. The zero-order valence-corrected chi connectivity index (χ0v) is 14.5. The van der Waals surface area contributed by atoms with Crippen molar-refractivity contribution in [1.82, 2.24) is 4.90 Å². The minimum Gasteiger partial charge on any atom is -0.342 e. The minimum absolute atomic E-state index is 0.0218. The first-order valence-electron chi connectivity index (χ1n) is 9.27.